The van der Waals surface area contributed by atoms with Crippen LogP contribution in [0.15, 0.2) is 42.5 Å². The Labute approximate surface area is 356 Å². The van der Waals surface area contributed by atoms with Crippen molar-refractivity contribution >= 4 is 65.4 Å². The Balaban J connectivity index is 1.10. The van der Waals surface area contributed by atoms with Gasteiger partial charge in [-0.25, -0.2) is 22.2 Å². The number of hydrogen-bond acceptors (Lipinski definition) is 10. The Bertz CT molecular complexity index is 3010. The summed E-state index contributed by atoms with van der Waals surface area (Å²) < 4.78 is 132. The van der Waals surface area contributed by atoms with Gasteiger partial charge >= 0.3 is 6.18 Å². The molecule has 2 aliphatic heterocycles. The molecular weight excluding hydrogens is 882 g/mol. The molecule has 63 heavy (non-hydrogen) atoms. The van der Waals surface area contributed by atoms with Crippen LogP contribution in [0.5, 0.6) is 0 Å². The third-order valence-electron chi connectivity index (χ3n) is 12.4. The second kappa shape index (κ2) is 14.1. The van der Waals surface area contributed by atoms with Crippen LogP contribution in [-0.2, 0) is 51.7 Å². The second-order valence-corrected chi connectivity index (χ2v) is 19.4. The van der Waals surface area contributed by atoms with E-state index in [-0.39, 0.29) is 41.5 Å². The number of anilines is 2. The average Bonchev–Trinajstić information content (AvgIpc) is 3.47. The first-order valence-corrected chi connectivity index (χ1v) is 22.5. The molecule has 1 saturated carbocycles. The Morgan fingerprint density at radius 3 is 2.43 bits per heavy atom. The lowest BCUT2D eigenvalue weighted by Gasteiger charge is -2.46. The Kier molecular flexibility index (Phi) is 9.21. The standard InChI is InChI=1S/C40H35F7N10O4S2/c1-55-31-21(4-3-5-22(31)34(53-55)54-63(2,60)61)23-15-27-35(51-37(62-27)56-8-6-38(7-9-56)17-48-36(38)59)50-30(23)26(12-18-10-19(41)13-20(42)11-18)49-28(58)16-57-33-29(32(52-57)40(45,46)47)24-14-25(24)39(33,43)44/h3-5,10-11,13,15,24-26H,6-9,12,14,16-17H2,1-2H3,(H,48,59)(H,49,58)(H,53,54)/t24-,25+,26-/m0/s1. The number of alkyl halides is 5. The van der Waals surface area contributed by atoms with E-state index >= 15 is 8.78 Å². The van der Waals surface area contributed by atoms with Crippen LogP contribution in [0.4, 0.5) is 41.7 Å². The van der Waals surface area contributed by atoms with Gasteiger partial charge in [-0.1, -0.05) is 23.5 Å². The number of benzene rings is 2. The molecule has 0 bridgehead atoms. The molecule has 330 valence electrons. The predicted octanol–water partition coefficient (Wildman–Crippen LogP) is 6.14. The predicted molar refractivity (Wildman–Crippen MR) is 215 cm³/mol. The number of carbonyl (C=O) groups is 2. The van der Waals surface area contributed by atoms with Gasteiger partial charge in [-0.05, 0) is 61.4 Å². The highest BCUT2D eigenvalue weighted by Gasteiger charge is 2.68. The highest BCUT2D eigenvalue weighted by atomic mass is 32.2. The van der Waals surface area contributed by atoms with Crippen LogP contribution in [0.2, 0.25) is 0 Å². The topological polar surface area (TPSA) is 169 Å². The zero-order chi connectivity index (χ0) is 44.5. The number of sulfonamides is 1. The monoisotopic (exact) mass is 916 g/mol. The van der Waals surface area contributed by atoms with Crippen molar-refractivity contribution in [3.63, 3.8) is 0 Å². The maximum Gasteiger partial charge on any atom is 0.435 e. The van der Waals surface area contributed by atoms with E-state index in [1.54, 1.807) is 31.3 Å². The third-order valence-corrected chi connectivity index (χ3v) is 14.0. The van der Waals surface area contributed by atoms with Gasteiger partial charge in [-0.2, -0.15) is 37.1 Å². The maximum absolute atomic E-state index is 15.5. The van der Waals surface area contributed by atoms with Gasteiger partial charge in [-0.15, -0.1) is 0 Å². The first-order chi connectivity index (χ1) is 29.7. The maximum atomic E-state index is 15.5. The molecule has 0 radical (unpaired) electrons. The molecule has 1 spiro atoms. The van der Waals surface area contributed by atoms with Crippen LogP contribution >= 0.6 is 11.3 Å². The van der Waals surface area contributed by atoms with Gasteiger partial charge in [0.25, 0.3) is 5.92 Å². The van der Waals surface area contributed by atoms with Crippen molar-refractivity contribution in [1.82, 2.24) is 40.2 Å². The number of nitrogens with zero attached hydrogens (tertiary/aromatic N) is 7. The summed E-state index contributed by atoms with van der Waals surface area (Å²) in [6.07, 6.45) is -3.41. The van der Waals surface area contributed by atoms with E-state index in [0.29, 0.717) is 75.1 Å². The molecule has 2 amide bonds. The van der Waals surface area contributed by atoms with Crippen molar-refractivity contribution in [2.75, 3.05) is 35.5 Å². The summed E-state index contributed by atoms with van der Waals surface area (Å²) in [6, 6.07) is 8.06. The van der Waals surface area contributed by atoms with Crippen LogP contribution < -0.4 is 20.3 Å². The molecule has 0 unspecified atom stereocenters. The van der Waals surface area contributed by atoms with Gasteiger partial charge < -0.3 is 15.5 Å². The molecule has 2 aromatic carbocycles. The van der Waals surface area contributed by atoms with Crippen molar-refractivity contribution in [2.24, 2.45) is 18.4 Å². The first-order valence-electron chi connectivity index (χ1n) is 19.8. The Hall–Kier alpha value is -5.84. The number of piperidine rings is 1. The number of nitrogens with one attached hydrogen (secondary N) is 3. The zero-order valence-corrected chi connectivity index (χ0v) is 34.8. The van der Waals surface area contributed by atoms with Crippen LogP contribution in [0.3, 0.4) is 0 Å². The van der Waals surface area contributed by atoms with E-state index in [1.165, 1.54) is 16.0 Å². The molecule has 10 rings (SSSR count). The largest absolute Gasteiger partial charge is 0.435 e. The Morgan fingerprint density at radius 1 is 1.05 bits per heavy atom. The van der Waals surface area contributed by atoms with E-state index in [0.717, 1.165) is 18.4 Å². The SMILES string of the molecule is Cn1nc(NS(C)(=O)=O)c2cccc(-c3cc4sc(N5CCC6(CC5)CNC6=O)nc4nc3[C@H](Cc3cc(F)cc(F)c3)NC(=O)Cn3nc(C(F)(F)F)c4c3C(F)(F)[C@@H]3C[C@H]43)c21. The summed E-state index contributed by atoms with van der Waals surface area (Å²) in [5.74, 6) is -8.99. The van der Waals surface area contributed by atoms with Crippen LogP contribution in [0.25, 0.3) is 32.4 Å². The Morgan fingerprint density at radius 2 is 1.78 bits per heavy atom. The second-order valence-electron chi connectivity index (χ2n) is 16.7. The fraction of sp³-hybridized carbons (Fsp3) is 0.400. The number of pyridine rings is 1. The number of aryl methyl sites for hydroxylation is 1. The number of hydrogen-bond donors (Lipinski definition) is 3. The summed E-state index contributed by atoms with van der Waals surface area (Å²) in [7, 11) is -2.22. The minimum absolute atomic E-state index is 0.00929. The number of rotatable bonds is 10. The van der Waals surface area contributed by atoms with Gasteiger partial charge in [0, 0.05) is 60.7 Å². The van der Waals surface area contributed by atoms with Gasteiger partial charge in [0.05, 0.1) is 33.6 Å². The van der Waals surface area contributed by atoms with Crippen molar-refractivity contribution in [3.8, 4) is 11.1 Å². The number of halogens is 7. The number of amides is 2. The molecule has 2 saturated heterocycles. The molecule has 23 heteroatoms. The fourth-order valence-corrected chi connectivity index (χ4v) is 10.9. The highest BCUT2D eigenvalue weighted by molar-refractivity contribution is 7.92. The highest BCUT2D eigenvalue weighted by Crippen LogP contribution is 2.68. The van der Waals surface area contributed by atoms with Crippen molar-refractivity contribution in [1.29, 1.82) is 0 Å². The fourth-order valence-electron chi connectivity index (χ4n) is 9.38. The molecule has 14 nitrogen and oxygen atoms in total. The summed E-state index contributed by atoms with van der Waals surface area (Å²) in [6.45, 7) is 0.572. The minimum Gasteiger partial charge on any atom is -0.354 e. The lowest BCUT2D eigenvalue weighted by atomic mass is 9.73. The van der Waals surface area contributed by atoms with Crippen LogP contribution in [0, 0.1) is 23.0 Å². The van der Waals surface area contributed by atoms with Crippen molar-refractivity contribution in [2.45, 2.75) is 56.3 Å². The number of carbonyl (C=O) groups excluding carboxylic acids is 2. The zero-order valence-electron chi connectivity index (χ0n) is 33.2. The molecule has 3 atom stereocenters. The summed E-state index contributed by atoms with van der Waals surface area (Å²) in [4.78, 5) is 38.3. The first kappa shape index (κ1) is 41.2. The molecule has 6 aromatic rings. The van der Waals surface area contributed by atoms with Gasteiger partial charge in [0.1, 0.15) is 23.9 Å². The van der Waals surface area contributed by atoms with Crippen LogP contribution in [0.1, 0.15) is 59.4 Å². The average molecular weight is 917 g/mol. The lowest BCUT2D eigenvalue weighted by Crippen LogP contribution is -2.62. The summed E-state index contributed by atoms with van der Waals surface area (Å²) >= 11 is 1.30. The lowest BCUT2D eigenvalue weighted by molar-refractivity contribution is -0.142. The molecule has 4 aliphatic rings. The number of thiazole rings is 1. The normalized spacial score (nSPS) is 20.4. The molecule has 2 aliphatic carbocycles. The van der Waals surface area contributed by atoms with Crippen LogP contribution in [-0.4, -0.2) is 75.7 Å². The van der Waals surface area contributed by atoms with E-state index in [9.17, 15) is 40.0 Å². The van der Waals surface area contributed by atoms with Gasteiger partial charge in [0.15, 0.2) is 22.3 Å². The van der Waals surface area contributed by atoms with E-state index in [2.05, 4.69) is 25.6 Å². The number of β-lactam (4-membered cyclic amide) rings is 1. The molecule has 4 aromatic heterocycles. The van der Waals surface area contributed by atoms with Gasteiger partial charge in [0.2, 0.25) is 21.8 Å². The van der Waals surface area contributed by atoms with Crippen molar-refractivity contribution < 1.29 is 48.7 Å². The molecule has 6 heterocycles. The number of para-hydroxylation sites is 1. The van der Waals surface area contributed by atoms with E-state index in [1.807, 2.05) is 4.90 Å². The van der Waals surface area contributed by atoms with Crippen molar-refractivity contribution in [3.05, 3.63) is 82.3 Å². The summed E-state index contributed by atoms with van der Waals surface area (Å²) in [5, 5.41) is 14.4. The third kappa shape index (κ3) is 7.02. The number of aromatic nitrogens is 6. The molecule has 3 fully saturated rings. The molecular formula is C40H35F7N10O4S2. The van der Waals surface area contributed by atoms with E-state index < -0.39 is 86.5 Å². The van der Waals surface area contributed by atoms with Gasteiger partial charge in [-0.3, -0.25) is 23.7 Å². The smallest absolute Gasteiger partial charge is 0.354 e. The minimum atomic E-state index is -5.07. The number of fused-ring (bicyclic) bond motifs is 5. The summed E-state index contributed by atoms with van der Waals surface area (Å²) in [5.41, 5.74) is -2.05. The molecule has 3 N–H and O–H groups in total. The quantitative estimate of drug-likeness (QED) is 0.108. The van der Waals surface area contributed by atoms with E-state index in [4.69, 9.17) is 9.97 Å².